The number of aryl methyl sites for hydroxylation is 1. The van der Waals surface area contributed by atoms with E-state index in [1.165, 1.54) is 15.7 Å². The molecule has 9 heteroatoms. The number of pyridine rings is 2. The molecule has 0 unspecified atom stereocenters. The first kappa shape index (κ1) is 24.9. The van der Waals surface area contributed by atoms with Crippen LogP contribution in [0.25, 0.3) is 10.9 Å². The number of carbonyl (C=O) groups excluding carboxylic acids is 2. The standard InChI is InChI=1S/C27H25ClN4O4/c1-3-32(19-10-5-4-6-11-19)27(35)23-24(22-20(28)12-7-13-21(22)31(2)26(23)34)36-16-15-30-25(33)18-9-8-14-29-17-18/h4-14,17H,3,15-16H2,1-2H3,(H,30,33). The van der Waals surface area contributed by atoms with Crippen molar-refractivity contribution >= 4 is 40.0 Å². The number of carbonyl (C=O) groups is 2. The molecule has 8 nitrogen and oxygen atoms in total. The van der Waals surface area contributed by atoms with Gasteiger partial charge in [0.25, 0.3) is 17.4 Å². The van der Waals surface area contributed by atoms with Crippen LogP contribution in [-0.2, 0) is 7.05 Å². The van der Waals surface area contributed by atoms with Crippen molar-refractivity contribution in [1.29, 1.82) is 0 Å². The molecule has 36 heavy (non-hydrogen) atoms. The highest BCUT2D eigenvalue weighted by atomic mass is 35.5. The zero-order chi connectivity index (χ0) is 25.7. The minimum absolute atomic E-state index is 0.0111. The number of ether oxygens (including phenoxy) is 1. The Hall–Kier alpha value is -4.17. The van der Waals surface area contributed by atoms with Crippen molar-refractivity contribution in [3.8, 4) is 5.75 Å². The second kappa shape index (κ2) is 11.0. The van der Waals surface area contributed by atoms with Gasteiger partial charge in [-0.2, -0.15) is 0 Å². The van der Waals surface area contributed by atoms with Gasteiger partial charge in [0.05, 0.1) is 28.0 Å². The van der Waals surface area contributed by atoms with E-state index in [0.29, 0.717) is 33.7 Å². The van der Waals surface area contributed by atoms with Crippen molar-refractivity contribution in [2.45, 2.75) is 6.92 Å². The van der Waals surface area contributed by atoms with Crippen molar-refractivity contribution in [2.75, 3.05) is 24.6 Å². The minimum Gasteiger partial charge on any atom is -0.490 e. The number of anilines is 1. The lowest BCUT2D eigenvalue weighted by atomic mass is 10.1. The number of hydrogen-bond donors (Lipinski definition) is 1. The maximum absolute atomic E-state index is 13.8. The van der Waals surface area contributed by atoms with E-state index < -0.39 is 11.5 Å². The van der Waals surface area contributed by atoms with E-state index in [9.17, 15) is 14.4 Å². The van der Waals surface area contributed by atoms with E-state index in [2.05, 4.69) is 10.3 Å². The van der Waals surface area contributed by atoms with Crippen molar-refractivity contribution in [3.05, 3.63) is 99.6 Å². The molecule has 0 saturated heterocycles. The van der Waals surface area contributed by atoms with Gasteiger partial charge in [-0.25, -0.2) is 0 Å². The van der Waals surface area contributed by atoms with Crippen LogP contribution < -0.4 is 20.5 Å². The molecule has 0 aliphatic heterocycles. The molecule has 2 amide bonds. The van der Waals surface area contributed by atoms with E-state index in [1.54, 1.807) is 55.7 Å². The number of fused-ring (bicyclic) bond motifs is 1. The molecule has 2 heterocycles. The van der Waals surface area contributed by atoms with Gasteiger partial charge in [-0.05, 0) is 43.3 Å². The zero-order valence-corrected chi connectivity index (χ0v) is 20.7. The van der Waals surface area contributed by atoms with Gasteiger partial charge in [0.2, 0.25) is 0 Å². The van der Waals surface area contributed by atoms with Crippen LogP contribution >= 0.6 is 11.6 Å². The number of rotatable bonds is 8. The lowest BCUT2D eigenvalue weighted by Crippen LogP contribution is -2.37. The molecule has 4 rings (SSSR count). The molecule has 0 spiro atoms. The summed E-state index contributed by atoms with van der Waals surface area (Å²) in [6.45, 7) is 2.32. The van der Waals surface area contributed by atoms with Crippen LogP contribution in [0.3, 0.4) is 0 Å². The van der Waals surface area contributed by atoms with E-state index in [-0.39, 0.29) is 30.4 Å². The molecule has 0 aliphatic carbocycles. The molecular weight excluding hydrogens is 480 g/mol. The maximum Gasteiger partial charge on any atom is 0.267 e. The van der Waals surface area contributed by atoms with Crippen molar-refractivity contribution in [3.63, 3.8) is 0 Å². The quantitative estimate of drug-likeness (QED) is 0.365. The fourth-order valence-corrected chi connectivity index (χ4v) is 4.21. The number of para-hydroxylation sites is 1. The van der Waals surface area contributed by atoms with Gasteiger partial charge in [-0.15, -0.1) is 0 Å². The summed E-state index contributed by atoms with van der Waals surface area (Å²) in [6, 6.07) is 17.6. The van der Waals surface area contributed by atoms with Gasteiger partial charge in [-0.3, -0.25) is 19.4 Å². The summed E-state index contributed by atoms with van der Waals surface area (Å²) in [4.78, 5) is 45.0. The third kappa shape index (κ3) is 4.94. The molecule has 0 fully saturated rings. The second-order valence-corrected chi connectivity index (χ2v) is 8.34. The fraction of sp³-hybridized carbons (Fsp3) is 0.185. The number of nitrogens with zero attached hydrogens (tertiary/aromatic N) is 3. The van der Waals surface area contributed by atoms with Gasteiger partial charge in [0.15, 0.2) is 0 Å². The molecule has 1 N–H and O–H groups in total. The van der Waals surface area contributed by atoms with Crippen molar-refractivity contribution in [2.24, 2.45) is 7.05 Å². The number of amides is 2. The summed E-state index contributed by atoms with van der Waals surface area (Å²) in [5, 5.41) is 3.54. The van der Waals surface area contributed by atoms with Crippen molar-refractivity contribution in [1.82, 2.24) is 14.9 Å². The maximum atomic E-state index is 13.8. The lowest BCUT2D eigenvalue weighted by Gasteiger charge is -2.23. The summed E-state index contributed by atoms with van der Waals surface area (Å²) in [5.41, 5.74) is 0.972. The Morgan fingerprint density at radius 1 is 1.08 bits per heavy atom. The monoisotopic (exact) mass is 504 g/mol. The number of benzene rings is 2. The molecule has 184 valence electrons. The first-order valence-electron chi connectivity index (χ1n) is 11.4. The van der Waals surface area contributed by atoms with Crippen LogP contribution in [0.2, 0.25) is 5.02 Å². The lowest BCUT2D eigenvalue weighted by molar-refractivity contribution is 0.0941. The molecule has 0 atom stereocenters. The molecule has 0 radical (unpaired) electrons. The summed E-state index contributed by atoms with van der Waals surface area (Å²) < 4.78 is 7.42. The Morgan fingerprint density at radius 2 is 1.86 bits per heavy atom. The topological polar surface area (TPSA) is 93.5 Å². The Bertz CT molecular complexity index is 1460. The van der Waals surface area contributed by atoms with Crippen LogP contribution in [0.4, 0.5) is 5.69 Å². The average Bonchev–Trinajstić information content (AvgIpc) is 2.90. The number of aromatic nitrogens is 2. The number of hydrogen-bond acceptors (Lipinski definition) is 5. The van der Waals surface area contributed by atoms with Gasteiger partial charge in [0.1, 0.15) is 17.9 Å². The number of nitrogens with one attached hydrogen (secondary N) is 1. The van der Waals surface area contributed by atoms with Crippen LogP contribution in [0, 0.1) is 0 Å². The molecule has 2 aromatic carbocycles. The first-order chi connectivity index (χ1) is 17.4. The van der Waals surface area contributed by atoms with Crippen LogP contribution in [0.15, 0.2) is 77.9 Å². The molecule has 2 aromatic heterocycles. The van der Waals surface area contributed by atoms with E-state index in [4.69, 9.17) is 16.3 Å². The Kier molecular flexibility index (Phi) is 7.65. The molecule has 4 aromatic rings. The summed E-state index contributed by atoms with van der Waals surface area (Å²) in [5.74, 6) is -0.717. The third-order valence-corrected chi connectivity index (χ3v) is 6.04. The smallest absolute Gasteiger partial charge is 0.267 e. The molecule has 0 saturated carbocycles. The molecule has 0 aliphatic rings. The highest BCUT2D eigenvalue weighted by Crippen LogP contribution is 2.34. The van der Waals surface area contributed by atoms with E-state index >= 15 is 0 Å². The van der Waals surface area contributed by atoms with Gasteiger partial charge < -0.3 is 19.5 Å². The second-order valence-electron chi connectivity index (χ2n) is 7.93. The predicted molar refractivity (Wildman–Crippen MR) is 140 cm³/mol. The fourth-order valence-electron chi connectivity index (χ4n) is 3.95. The average molecular weight is 505 g/mol. The highest BCUT2D eigenvalue weighted by molar-refractivity contribution is 6.36. The Labute approximate surface area is 213 Å². The van der Waals surface area contributed by atoms with Gasteiger partial charge >= 0.3 is 0 Å². The Morgan fingerprint density at radius 3 is 2.56 bits per heavy atom. The molecule has 0 bridgehead atoms. The van der Waals surface area contributed by atoms with Gasteiger partial charge in [0, 0.05) is 31.7 Å². The SMILES string of the molecule is CCN(C(=O)c1c(OCCNC(=O)c2cccnc2)c2c(Cl)cccc2n(C)c1=O)c1ccccc1. The minimum atomic E-state index is -0.501. The number of halogens is 1. The van der Waals surface area contributed by atoms with Crippen LogP contribution in [-0.4, -0.2) is 41.1 Å². The normalized spacial score (nSPS) is 10.8. The molecular formula is C27H25ClN4O4. The Balaban J connectivity index is 1.71. The zero-order valence-electron chi connectivity index (χ0n) is 19.9. The summed E-state index contributed by atoms with van der Waals surface area (Å²) in [7, 11) is 1.59. The van der Waals surface area contributed by atoms with Crippen LogP contribution in [0.5, 0.6) is 5.75 Å². The van der Waals surface area contributed by atoms with Crippen LogP contribution in [0.1, 0.15) is 27.6 Å². The third-order valence-electron chi connectivity index (χ3n) is 5.73. The van der Waals surface area contributed by atoms with Gasteiger partial charge in [-0.1, -0.05) is 35.9 Å². The van der Waals surface area contributed by atoms with E-state index in [1.807, 2.05) is 25.1 Å². The summed E-state index contributed by atoms with van der Waals surface area (Å²) in [6.07, 6.45) is 3.04. The largest absolute Gasteiger partial charge is 0.490 e. The summed E-state index contributed by atoms with van der Waals surface area (Å²) >= 11 is 6.54. The highest BCUT2D eigenvalue weighted by Gasteiger charge is 2.28. The van der Waals surface area contributed by atoms with Crippen molar-refractivity contribution < 1.29 is 14.3 Å². The predicted octanol–water partition coefficient (Wildman–Crippen LogP) is 4.06. The first-order valence-corrected chi connectivity index (χ1v) is 11.8. The van der Waals surface area contributed by atoms with E-state index in [0.717, 1.165) is 0 Å².